The summed E-state index contributed by atoms with van der Waals surface area (Å²) >= 11 is 6.19. The average molecular weight is 228 g/mol. The third kappa shape index (κ3) is 2.18. The summed E-state index contributed by atoms with van der Waals surface area (Å²) in [6.07, 6.45) is 6.60. The second-order valence-corrected chi connectivity index (χ2v) is 4.83. The van der Waals surface area contributed by atoms with Crippen molar-refractivity contribution in [2.45, 2.75) is 38.6 Å². The molecule has 2 atom stereocenters. The lowest BCUT2D eigenvalue weighted by atomic mass is 10.0. The van der Waals surface area contributed by atoms with E-state index >= 15 is 0 Å². The van der Waals surface area contributed by atoms with Gasteiger partial charge in [-0.25, -0.2) is 0 Å². The van der Waals surface area contributed by atoms with E-state index in [2.05, 4.69) is 5.10 Å². The summed E-state index contributed by atoms with van der Waals surface area (Å²) in [5.41, 5.74) is 6.65. The Bertz CT molecular complexity index is 335. The molecule has 0 aromatic carbocycles. The number of aromatic nitrogens is 2. The third-order valence-corrected chi connectivity index (χ3v) is 3.81. The Morgan fingerprint density at radius 3 is 3.00 bits per heavy atom. The smallest absolute Gasteiger partial charge is 0.130 e. The first-order chi connectivity index (χ1) is 7.22. The number of nitrogens with two attached hydrogens (primary N) is 1. The van der Waals surface area contributed by atoms with Crippen LogP contribution in [0, 0.1) is 12.8 Å². The van der Waals surface area contributed by atoms with Gasteiger partial charge in [-0.05, 0) is 45.1 Å². The van der Waals surface area contributed by atoms with Gasteiger partial charge in [-0.15, -0.1) is 0 Å². The molecule has 1 saturated carbocycles. The first kappa shape index (κ1) is 11.0. The fourth-order valence-corrected chi connectivity index (χ4v) is 2.69. The predicted molar refractivity (Wildman–Crippen MR) is 62.0 cm³/mol. The highest BCUT2D eigenvalue weighted by Gasteiger charge is 2.27. The fourth-order valence-electron chi connectivity index (χ4n) is 2.46. The lowest BCUT2D eigenvalue weighted by Crippen LogP contribution is -2.09. The van der Waals surface area contributed by atoms with Gasteiger partial charge in [0.05, 0.1) is 12.2 Å². The molecule has 0 amide bonds. The molecule has 1 aromatic rings. The zero-order chi connectivity index (χ0) is 10.8. The summed E-state index contributed by atoms with van der Waals surface area (Å²) in [6.45, 7) is 2.79. The molecule has 0 aliphatic heterocycles. The lowest BCUT2D eigenvalue weighted by molar-refractivity contribution is 0.431. The van der Waals surface area contributed by atoms with Crippen LogP contribution in [-0.2, 0) is 0 Å². The summed E-state index contributed by atoms with van der Waals surface area (Å²) < 4.78 is 1.98. The monoisotopic (exact) mass is 227 g/mol. The highest BCUT2D eigenvalue weighted by molar-refractivity contribution is 6.30. The molecule has 2 rings (SSSR count). The second kappa shape index (κ2) is 4.54. The summed E-state index contributed by atoms with van der Waals surface area (Å²) in [6, 6.07) is 0.489. The largest absolute Gasteiger partial charge is 0.330 e. The Kier molecular flexibility index (Phi) is 3.32. The van der Waals surface area contributed by atoms with Gasteiger partial charge in [0.2, 0.25) is 0 Å². The van der Waals surface area contributed by atoms with Crippen molar-refractivity contribution in [2.75, 3.05) is 6.54 Å². The van der Waals surface area contributed by atoms with Crippen molar-refractivity contribution in [3.8, 4) is 0 Å². The standard InChI is InChI=1S/C11H18ClN3/c1-8-7-14-15(11(8)12)10-3-2-9(6-10)4-5-13/h7,9-10H,2-6,13H2,1H3. The van der Waals surface area contributed by atoms with Crippen molar-refractivity contribution in [3.05, 3.63) is 16.9 Å². The van der Waals surface area contributed by atoms with Crippen molar-refractivity contribution < 1.29 is 0 Å². The molecule has 3 nitrogen and oxygen atoms in total. The van der Waals surface area contributed by atoms with Crippen molar-refractivity contribution in [1.82, 2.24) is 9.78 Å². The van der Waals surface area contributed by atoms with Crippen LogP contribution in [-0.4, -0.2) is 16.3 Å². The minimum atomic E-state index is 0.489. The van der Waals surface area contributed by atoms with E-state index in [0.29, 0.717) is 6.04 Å². The number of nitrogens with zero attached hydrogens (tertiary/aromatic N) is 2. The molecule has 0 bridgehead atoms. The molecule has 1 aromatic heterocycles. The maximum atomic E-state index is 6.19. The molecule has 1 fully saturated rings. The summed E-state index contributed by atoms with van der Waals surface area (Å²) in [5, 5.41) is 5.14. The van der Waals surface area contributed by atoms with E-state index in [1.165, 1.54) is 19.3 Å². The Balaban J connectivity index is 2.04. The van der Waals surface area contributed by atoms with Crippen LogP contribution < -0.4 is 5.73 Å². The quantitative estimate of drug-likeness (QED) is 0.863. The molecular weight excluding hydrogens is 210 g/mol. The summed E-state index contributed by atoms with van der Waals surface area (Å²) in [5.74, 6) is 0.764. The maximum absolute atomic E-state index is 6.19. The number of hydrogen-bond acceptors (Lipinski definition) is 2. The van der Waals surface area contributed by atoms with Gasteiger partial charge in [0, 0.05) is 5.56 Å². The molecule has 84 valence electrons. The number of halogens is 1. The molecule has 0 saturated heterocycles. The van der Waals surface area contributed by atoms with Gasteiger partial charge in [-0.1, -0.05) is 11.6 Å². The summed E-state index contributed by atoms with van der Waals surface area (Å²) in [4.78, 5) is 0. The predicted octanol–water partition coefficient (Wildman–Crippen LogP) is 2.53. The second-order valence-electron chi connectivity index (χ2n) is 4.47. The highest BCUT2D eigenvalue weighted by atomic mass is 35.5. The minimum absolute atomic E-state index is 0.489. The third-order valence-electron chi connectivity index (χ3n) is 3.34. The van der Waals surface area contributed by atoms with Crippen LogP contribution in [0.25, 0.3) is 0 Å². The number of aryl methyl sites for hydroxylation is 1. The van der Waals surface area contributed by atoms with E-state index in [1.807, 2.05) is 17.8 Å². The summed E-state index contributed by atoms with van der Waals surface area (Å²) in [7, 11) is 0. The van der Waals surface area contributed by atoms with Crippen molar-refractivity contribution >= 4 is 11.6 Å². The molecule has 2 unspecified atom stereocenters. The zero-order valence-corrected chi connectivity index (χ0v) is 9.87. The van der Waals surface area contributed by atoms with Crippen LogP contribution >= 0.6 is 11.6 Å². The Hall–Kier alpha value is -0.540. The van der Waals surface area contributed by atoms with Crippen LogP contribution in [0.15, 0.2) is 6.20 Å². The molecule has 0 radical (unpaired) electrons. The molecular formula is C11H18ClN3. The van der Waals surface area contributed by atoms with Gasteiger partial charge in [0.1, 0.15) is 5.15 Å². The van der Waals surface area contributed by atoms with Gasteiger partial charge in [-0.2, -0.15) is 5.10 Å². The van der Waals surface area contributed by atoms with Crippen LogP contribution in [0.1, 0.15) is 37.3 Å². The van der Waals surface area contributed by atoms with Gasteiger partial charge >= 0.3 is 0 Å². The molecule has 15 heavy (non-hydrogen) atoms. The molecule has 4 heteroatoms. The average Bonchev–Trinajstić information content (AvgIpc) is 2.77. The molecule has 1 aliphatic carbocycles. The first-order valence-electron chi connectivity index (χ1n) is 5.62. The van der Waals surface area contributed by atoms with Crippen molar-refractivity contribution in [2.24, 2.45) is 11.7 Å². The number of hydrogen-bond donors (Lipinski definition) is 1. The van der Waals surface area contributed by atoms with E-state index in [-0.39, 0.29) is 0 Å². The Morgan fingerprint density at radius 2 is 2.40 bits per heavy atom. The van der Waals surface area contributed by atoms with E-state index < -0.39 is 0 Å². The lowest BCUT2D eigenvalue weighted by Gasteiger charge is -2.12. The van der Waals surface area contributed by atoms with Crippen LogP contribution in [0.2, 0.25) is 5.15 Å². The van der Waals surface area contributed by atoms with Gasteiger partial charge in [0.15, 0.2) is 0 Å². The molecule has 1 heterocycles. The van der Waals surface area contributed by atoms with Gasteiger partial charge in [-0.3, -0.25) is 4.68 Å². The van der Waals surface area contributed by atoms with E-state index in [1.54, 1.807) is 0 Å². The normalized spacial score (nSPS) is 26.1. The van der Waals surface area contributed by atoms with Gasteiger partial charge < -0.3 is 5.73 Å². The highest BCUT2D eigenvalue weighted by Crippen LogP contribution is 2.37. The first-order valence-corrected chi connectivity index (χ1v) is 6.00. The van der Waals surface area contributed by atoms with E-state index in [4.69, 9.17) is 17.3 Å². The molecule has 0 spiro atoms. The van der Waals surface area contributed by atoms with Crippen LogP contribution in [0.5, 0.6) is 0 Å². The fraction of sp³-hybridized carbons (Fsp3) is 0.727. The Morgan fingerprint density at radius 1 is 1.60 bits per heavy atom. The minimum Gasteiger partial charge on any atom is -0.330 e. The van der Waals surface area contributed by atoms with Crippen LogP contribution in [0.4, 0.5) is 0 Å². The van der Waals surface area contributed by atoms with E-state index in [0.717, 1.165) is 29.6 Å². The van der Waals surface area contributed by atoms with E-state index in [9.17, 15) is 0 Å². The molecule has 1 aliphatic rings. The SMILES string of the molecule is Cc1cnn(C2CCC(CCN)C2)c1Cl. The van der Waals surface area contributed by atoms with Crippen LogP contribution in [0.3, 0.4) is 0 Å². The molecule has 2 N–H and O–H groups in total. The van der Waals surface area contributed by atoms with Crippen molar-refractivity contribution in [1.29, 1.82) is 0 Å². The van der Waals surface area contributed by atoms with Gasteiger partial charge in [0.25, 0.3) is 0 Å². The van der Waals surface area contributed by atoms with Crippen molar-refractivity contribution in [3.63, 3.8) is 0 Å². The Labute approximate surface area is 95.6 Å². The maximum Gasteiger partial charge on any atom is 0.130 e. The topological polar surface area (TPSA) is 43.8 Å². The number of rotatable bonds is 3. The zero-order valence-electron chi connectivity index (χ0n) is 9.12.